The third-order valence-electron chi connectivity index (χ3n) is 0.884. The summed E-state index contributed by atoms with van der Waals surface area (Å²) in [7, 11) is 0. The van der Waals surface area contributed by atoms with E-state index >= 15 is 0 Å². The lowest BCUT2D eigenvalue weighted by molar-refractivity contribution is -0.870. The summed E-state index contributed by atoms with van der Waals surface area (Å²) in [5.74, 6) is -1.25. The Hall–Kier alpha value is -0.280. The van der Waals surface area contributed by atoms with Gasteiger partial charge in [0.1, 0.15) is 0 Å². The van der Waals surface area contributed by atoms with E-state index in [4.69, 9.17) is 17.4 Å². The second kappa shape index (κ2) is 5.38. The van der Waals surface area contributed by atoms with E-state index in [2.05, 4.69) is 0 Å². The Morgan fingerprint density at radius 3 is 2.45 bits per heavy atom. The number of carboxylic acid groups (broad SMARTS) is 1. The van der Waals surface area contributed by atoms with E-state index in [1.807, 2.05) is 0 Å². The van der Waals surface area contributed by atoms with Crippen LogP contribution in [-0.4, -0.2) is 43.0 Å². The van der Waals surface area contributed by atoms with Gasteiger partial charge in [0.25, 0.3) is 0 Å². The number of carbonyl (C=O) groups is 1. The molecule has 0 aromatic heterocycles. The largest absolute Gasteiger partial charge is 1.00 e. The average molecular weight is 191 g/mol. The molecule has 0 unspecified atom stereocenters. The lowest BCUT2D eigenvalue weighted by atomic mass is 10.3. The minimum absolute atomic E-state index is 0. The third kappa shape index (κ3) is 12.8. The molecule has 0 aromatic carbocycles. The molecule has 0 amide bonds. The number of hydrogen-bond acceptors (Lipinski definition) is 1. The zero-order valence-electron chi connectivity index (χ0n) is 14.8. The molecule has 0 radical (unpaired) electrons. The maximum absolute atomic E-state index is 10.4. The highest BCUT2D eigenvalue weighted by Crippen LogP contribution is 1.96. The molecule has 0 aliphatic carbocycles. The fraction of sp³-hybridized carbons (Fsp3) is 0.857. The summed E-state index contributed by atoms with van der Waals surface area (Å²) in [6.45, 7) is -10.7. The summed E-state index contributed by atoms with van der Waals surface area (Å²) in [6.07, 6.45) is -0.854. The number of carboxylic acids is 1. The maximum atomic E-state index is 10.4. The van der Waals surface area contributed by atoms with Gasteiger partial charge in [-0.3, -0.25) is 4.79 Å². The van der Waals surface area contributed by atoms with Crippen molar-refractivity contribution in [3.05, 3.63) is 0 Å². The molecule has 4 heteroatoms. The van der Waals surface area contributed by atoms with Gasteiger partial charge in [0, 0.05) is 6.42 Å². The van der Waals surface area contributed by atoms with Crippen LogP contribution in [0.15, 0.2) is 0 Å². The topological polar surface area (TPSA) is 37.3 Å². The maximum Gasteiger partial charge on any atom is 0.303 e. The van der Waals surface area contributed by atoms with Crippen LogP contribution in [0.25, 0.3) is 0 Å². The summed E-state index contributed by atoms with van der Waals surface area (Å²) in [6, 6.07) is 0. The summed E-state index contributed by atoms with van der Waals surface area (Å²) >= 11 is 0. The summed E-state index contributed by atoms with van der Waals surface area (Å²) in [5, 5.41) is 8.49. The first-order valence-electron chi connectivity index (χ1n) is 7.27. The van der Waals surface area contributed by atoms with Crippen molar-refractivity contribution in [2.45, 2.75) is 12.8 Å². The van der Waals surface area contributed by atoms with Crippen LogP contribution < -0.4 is 12.4 Å². The average Bonchev–Trinajstić information content (AvgIpc) is 2.04. The van der Waals surface area contributed by atoms with Gasteiger partial charge in [-0.05, 0) is 0 Å². The predicted octanol–water partition coefficient (Wildman–Crippen LogP) is -2.44. The van der Waals surface area contributed by atoms with Gasteiger partial charge < -0.3 is 22.0 Å². The van der Waals surface area contributed by atoms with Gasteiger partial charge in [0.05, 0.1) is 46.2 Å². The van der Waals surface area contributed by atoms with Crippen molar-refractivity contribution < 1.29 is 39.1 Å². The highest BCUT2D eigenvalue weighted by molar-refractivity contribution is 5.66. The van der Waals surface area contributed by atoms with Crippen LogP contribution in [-0.2, 0) is 4.79 Å². The molecule has 0 atom stereocenters. The molecular formula is C7H16ClNO2. The van der Waals surface area contributed by atoms with Gasteiger partial charge in [-0.15, -0.1) is 0 Å². The third-order valence-corrected chi connectivity index (χ3v) is 0.884. The molecule has 3 nitrogen and oxygen atoms in total. The van der Waals surface area contributed by atoms with Crippen molar-refractivity contribution in [3.8, 4) is 0 Å². The van der Waals surface area contributed by atoms with Gasteiger partial charge in [-0.25, -0.2) is 0 Å². The van der Waals surface area contributed by atoms with Crippen molar-refractivity contribution in [1.29, 1.82) is 0 Å². The van der Waals surface area contributed by atoms with E-state index < -0.39 is 44.3 Å². The normalized spacial score (nSPS) is 26.0. The smallest absolute Gasteiger partial charge is 0.303 e. The van der Waals surface area contributed by atoms with E-state index in [1.54, 1.807) is 0 Å². The monoisotopic (exact) mass is 190 g/mol. The molecule has 0 aromatic rings. The summed E-state index contributed by atoms with van der Waals surface area (Å²) in [4.78, 5) is 10.4. The van der Waals surface area contributed by atoms with Crippen LogP contribution in [0.5, 0.6) is 0 Å². The Morgan fingerprint density at radius 1 is 1.55 bits per heavy atom. The Labute approximate surface area is 86.7 Å². The number of nitrogens with zero attached hydrogens (tertiary/aromatic N) is 1. The van der Waals surface area contributed by atoms with Crippen molar-refractivity contribution in [1.82, 2.24) is 0 Å². The molecule has 0 fully saturated rings. The SMILES string of the molecule is [2H]C([2H])([2H])[N+](CCCC(=O)O)(C([2H])([2H])[2H])C([2H])([2H])[2H].[Cl-]. The van der Waals surface area contributed by atoms with E-state index in [0.717, 1.165) is 0 Å². The second-order valence-corrected chi connectivity index (χ2v) is 2.03. The molecular weight excluding hydrogens is 166 g/mol. The first kappa shape index (κ1) is 3.23. The lowest BCUT2D eigenvalue weighted by Gasteiger charge is -2.23. The van der Waals surface area contributed by atoms with Crippen LogP contribution >= 0.6 is 0 Å². The Bertz CT molecular complexity index is 299. The van der Waals surface area contributed by atoms with Crippen LogP contribution in [0.4, 0.5) is 0 Å². The molecule has 68 valence electrons. The molecule has 1 N–H and O–H groups in total. The van der Waals surface area contributed by atoms with Gasteiger partial charge >= 0.3 is 5.97 Å². The molecule has 0 saturated heterocycles. The van der Waals surface area contributed by atoms with Crippen LogP contribution in [0, 0.1) is 0 Å². The van der Waals surface area contributed by atoms with Crippen molar-refractivity contribution >= 4 is 5.97 Å². The second-order valence-electron chi connectivity index (χ2n) is 2.03. The molecule has 0 aliphatic rings. The minimum Gasteiger partial charge on any atom is -1.00 e. The number of hydrogen-bond donors (Lipinski definition) is 1. The molecule has 0 saturated carbocycles. The van der Waals surface area contributed by atoms with E-state index in [1.165, 1.54) is 0 Å². The van der Waals surface area contributed by atoms with Crippen LogP contribution in [0.1, 0.15) is 25.2 Å². The van der Waals surface area contributed by atoms with Gasteiger partial charge in [0.15, 0.2) is 0 Å². The number of halogens is 1. The predicted molar refractivity (Wildman–Crippen MR) is 39.8 cm³/mol. The Morgan fingerprint density at radius 2 is 2.09 bits per heavy atom. The van der Waals surface area contributed by atoms with Crippen molar-refractivity contribution in [2.75, 3.05) is 27.5 Å². The lowest BCUT2D eigenvalue weighted by Crippen LogP contribution is -3.00. The molecule has 0 spiro atoms. The molecule has 11 heavy (non-hydrogen) atoms. The number of aliphatic carboxylic acids is 1. The molecule has 0 bridgehead atoms. The fourth-order valence-corrected chi connectivity index (χ4v) is 0.467. The standard InChI is InChI=1S/C7H15NO2.ClH/c1-8(2,3)6-4-5-7(9)10;/h4-6H2,1-3H3;1H/i1D3,2D3,3D3;. The zero-order valence-corrected chi connectivity index (χ0v) is 6.56. The van der Waals surface area contributed by atoms with Crippen molar-refractivity contribution in [3.63, 3.8) is 0 Å². The summed E-state index contributed by atoms with van der Waals surface area (Å²) in [5.41, 5.74) is 0. The molecule has 0 aliphatic heterocycles. The summed E-state index contributed by atoms with van der Waals surface area (Å²) < 4.78 is 63.4. The fourth-order valence-electron chi connectivity index (χ4n) is 0.467. The van der Waals surface area contributed by atoms with Crippen molar-refractivity contribution in [2.24, 2.45) is 0 Å². The van der Waals surface area contributed by atoms with Crippen LogP contribution in [0.2, 0.25) is 0 Å². The highest BCUT2D eigenvalue weighted by Gasteiger charge is 2.07. The van der Waals surface area contributed by atoms with Gasteiger partial charge in [0.2, 0.25) is 0 Å². The van der Waals surface area contributed by atoms with Crippen LogP contribution in [0.3, 0.4) is 0 Å². The molecule has 0 heterocycles. The number of quaternary nitrogens is 1. The van der Waals surface area contributed by atoms with E-state index in [0.29, 0.717) is 0 Å². The highest BCUT2D eigenvalue weighted by atomic mass is 35.5. The van der Waals surface area contributed by atoms with E-state index in [9.17, 15) is 4.79 Å². The zero-order chi connectivity index (χ0) is 15.7. The first-order chi connectivity index (χ1) is 8.17. The Balaban J connectivity index is 0. The minimum atomic E-state index is -3.31. The quantitative estimate of drug-likeness (QED) is 0.501. The van der Waals surface area contributed by atoms with Gasteiger partial charge in [-0.1, -0.05) is 0 Å². The Kier molecular flexibility index (Phi) is 1.58. The van der Waals surface area contributed by atoms with E-state index in [-0.39, 0.29) is 18.8 Å². The van der Waals surface area contributed by atoms with Gasteiger partial charge in [-0.2, -0.15) is 0 Å². The first-order valence-corrected chi connectivity index (χ1v) is 2.77. The molecule has 0 rings (SSSR count). The number of rotatable bonds is 4.